The summed E-state index contributed by atoms with van der Waals surface area (Å²) in [5.41, 5.74) is 1.98. The number of allylic oxidation sites excluding steroid dienone is 3. The summed E-state index contributed by atoms with van der Waals surface area (Å²) in [4.78, 5) is 11.9. The van der Waals surface area contributed by atoms with Crippen LogP contribution in [0.3, 0.4) is 0 Å². The Morgan fingerprint density at radius 2 is 2.29 bits per heavy atom. The molecule has 0 radical (unpaired) electrons. The van der Waals surface area contributed by atoms with Crippen molar-refractivity contribution >= 4 is 16.3 Å². The standard InChI is InChI=1S/C16H15N3O2/c1-4-12-11(8-9(2)17-3)15-14-10(16(20)19-18-15)6-5-7-13(14)21-12/h4-8,17H,2H2,1,3H3,(H,19,20)/b11-8+,12-4+. The van der Waals surface area contributed by atoms with Crippen molar-refractivity contribution in [1.82, 2.24) is 15.5 Å². The normalized spacial score (nSPS) is 17.0. The van der Waals surface area contributed by atoms with Crippen LogP contribution in [0.1, 0.15) is 12.6 Å². The van der Waals surface area contributed by atoms with Gasteiger partial charge in [0.15, 0.2) is 0 Å². The maximum atomic E-state index is 11.9. The zero-order chi connectivity index (χ0) is 15.0. The fraction of sp³-hybridized carbons (Fsp3) is 0.125. The molecule has 0 amide bonds. The summed E-state index contributed by atoms with van der Waals surface area (Å²) in [5, 5.41) is 11.0. The topological polar surface area (TPSA) is 67.0 Å². The van der Waals surface area contributed by atoms with Gasteiger partial charge < -0.3 is 10.1 Å². The molecule has 0 saturated heterocycles. The zero-order valence-electron chi connectivity index (χ0n) is 11.9. The van der Waals surface area contributed by atoms with Crippen molar-refractivity contribution in [3.8, 4) is 5.75 Å². The number of rotatable bonds is 2. The Labute approximate surface area is 121 Å². The molecule has 2 heterocycles. The average molecular weight is 281 g/mol. The molecule has 1 aliphatic rings. The molecule has 1 aromatic carbocycles. The Hall–Kier alpha value is -2.82. The van der Waals surface area contributed by atoms with Gasteiger partial charge in [-0.25, -0.2) is 5.10 Å². The number of hydrogen-bond donors (Lipinski definition) is 2. The van der Waals surface area contributed by atoms with Crippen LogP contribution < -0.4 is 15.6 Å². The first-order valence-corrected chi connectivity index (χ1v) is 6.60. The zero-order valence-corrected chi connectivity index (χ0v) is 11.9. The van der Waals surface area contributed by atoms with Crippen LogP contribution in [-0.2, 0) is 0 Å². The number of H-pyrrole nitrogens is 1. The Balaban J connectivity index is 2.39. The lowest BCUT2D eigenvalue weighted by atomic mass is 9.99. The first-order chi connectivity index (χ1) is 10.2. The van der Waals surface area contributed by atoms with Gasteiger partial charge in [0.25, 0.3) is 5.56 Å². The molecule has 0 spiro atoms. The largest absolute Gasteiger partial charge is 0.456 e. The number of aromatic amines is 1. The van der Waals surface area contributed by atoms with E-state index in [0.717, 1.165) is 16.7 Å². The highest BCUT2D eigenvalue weighted by molar-refractivity contribution is 6.01. The minimum absolute atomic E-state index is 0.227. The highest BCUT2D eigenvalue weighted by atomic mass is 16.5. The molecule has 3 rings (SSSR count). The molecule has 0 fully saturated rings. The van der Waals surface area contributed by atoms with Crippen LogP contribution in [-0.4, -0.2) is 17.2 Å². The Morgan fingerprint density at radius 1 is 1.48 bits per heavy atom. The molecule has 5 nitrogen and oxygen atoms in total. The summed E-state index contributed by atoms with van der Waals surface area (Å²) < 4.78 is 5.90. The first-order valence-electron chi connectivity index (χ1n) is 6.60. The van der Waals surface area contributed by atoms with Crippen molar-refractivity contribution in [2.24, 2.45) is 0 Å². The molecular weight excluding hydrogens is 266 g/mol. The van der Waals surface area contributed by atoms with Crippen LogP contribution >= 0.6 is 0 Å². The highest BCUT2D eigenvalue weighted by Gasteiger charge is 2.24. The van der Waals surface area contributed by atoms with Crippen LogP contribution in [0.4, 0.5) is 0 Å². The molecule has 0 unspecified atom stereocenters. The van der Waals surface area contributed by atoms with E-state index in [0.29, 0.717) is 22.6 Å². The maximum Gasteiger partial charge on any atom is 0.272 e. The second-order valence-corrected chi connectivity index (χ2v) is 4.67. The molecule has 0 saturated carbocycles. The minimum Gasteiger partial charge on any atom is -0.456 e. The second kappa shape index (κ2) is 4.94. The van der Waals surface area contributed by atoms with Gasteiger partial charge in [-0.05, 0) is 31.2 Å². The number of aromatic nitrogens is 2. The quantitative estimate of drug-likeness (QED) is 0.886. The van der Waals surface area contributed by atoms with E-state index in [1.165, 1.54) is 0 Å². The summed E-state index contributed by atoms with van der Waals surface area (Å²) in [6.45, 7) is 5.79. The van der Waals surface area contributed by atoms with Crippen molar-refractivity contribution in [2.45, 2.75) is 6.92 Å². The monoisotopic (exact) mass is 281 g/mol. The number of nitrogens with zero attached hydrogens (tertiary/aromatic N) is 1. The Bertz CT molecular complexity index is 859. The van der Waals surface area contributed by atoms with Crippen molar-refractivity contribution in [1.29, 1.82) is 0 Å². The Kier molecular flexibility index (Phi) is 3.10. The van der Waals surface area contributed by atoms with Crippen molar-refractivity contribution < 1.29 is 4.74 Å². The molecule has 2 aromatic rings. The third-order valence-corrected chi connectivity index (χ3v) is 3.42. The fourth-order valence-electron chi connectivity index (χ4n) is 2.36. The predicted octanol–water partition coefficient (Wildman–Crippen LogP) is 2.34. The molecule has 1 aliphatic heterocycles. The van der Waals surface area contributed by atoms with Gasteiger partial charge in [0.05, 0.1) is 10.8 Å². The highest BCUT2D eigenvalue weighted by Crippen LogP contribution is 2.39. The second-order valence-electron chi connectivity index (χ2n) is 4.67. The Morgan fingerprint density at radius 3 is 3.00 bits per heavy atom. The first kappa shape index (κ1) is 13.2. The fourth-order valence-corrected chi connectivity index (χ4v) is 2.36. The van der Waals surface area contributed by atoms with Crippen LogP contribution in [0.15, 0.2) is 53.2 Å². The summed E-state index contributed by atoms with van der Waals surface area (Å²) in [5.74, 6) is 1.33. The van der Waals surface area contributed by atoms with E-state index in [-0.39, 0.29) is 5.56 Å². The number of ether oxygens (including phenoxy) is 1. The van der Waals surface area contributed by atoms with E-state index >= 15 is 0 Å². The lowest BCUT2D eigenvalue weighted by Gasteiger charge is -2.22. The van der Waals surface area contributed by atoms with Gasteiger partial charge in [-0.15, -0.1) is 0 Å². The third kappa shape index (κ3) is 2.03. The third-order valence-electron chi connectivity index (χ3n) is 3.42. The van der Waals surface area contributed by atoms with E-state index in [9.17, 15) is 4.79 Å². The van der Waals surface area contributed by atoms with Gasteiger partial charge in [-0.2, -0.15) is 5.10 Å². The van der Waals surface area contributed by atoms with Crippen molar-refractivity contribution in [3.05, 3.63) is 64.4 Å². The van der Waals surface area contributed by atoms with Crippen LogP contribution in [0.2, 0.25) is 0 Å². The van der Waals surface area contributed by atoms with Gasteiger partial charge in [-0.3, -0.25) is 4.79 Å². The van der Waals surface area contributed by atoms with Crippen LogP contribution in [0.5, 0.6) is 5.75 Å². The molecule has 0 atom stereocenters. The molecular formula is C16H15N3O2. The van der Waals surface area contributed by atoms with E-state index in [1.807, 2.05) is 25.1 Å². The number of hydrogen-bond acceptors (Lipinski definition) is 4. The van der Waals surface area contributed by atoms with Gasteiger partial charge >= 0.3 is 0 Å². The number of nitrogens with one attached hydrogen (secondary N) is 2. The lowest BCUT2D eigenvalue weighted by molar-refractivity contribution is 0.448. The molecule has 0 aliphatic carbocycles. The van der Waals surface area contributed by atoms with Gasteiger partial charge in [-0.1, -0.05) is 12.6 Å². The van der Waals surface area contributed by atoms with Gasteiger partial charge in [0.1, 0.15) is 17.2 Å². The molecule has 0 bridgehead atoms. The SMILES string of the molecule is C=C(/C=C1\C(=C/C)Oc2cccc3c(=O)[nH]nc1c23)NC. The lowest BCUT2D eigenvalue weighted by Crippen LogP contribution is -2.16. The predicted molar refractivity (Wildman–Crippen MR) is 82.9 cm³/mol. The van der Waals surface area contributed by atoms with E-state index in [1.54, 1.807) is 19.2 Å². The summed E-state index contributed by atoms with van der Waals surface area (Å²) in [7, 11) is 1.79. The van der Waals surface area contributed by atoms with E-state index in [4.69, 9.17) is 4.74 Å². The molecule has 21 heavy (non-hydrogen) atoms. The molecule has 106 valence electrons. The van der Waals surface area contributed by atoms with E-state index in [2.05, 4.69) is 22.1 Å². The average Bonchev–Trinajstić information content (AvgIpc) is 2.51. The van der Waals surface area contributed by atoms with Gasteiger partial charge in [0.2, 0.25) is 0 Å². The molecule has 1 aromatic heterocycles. The minimum atomic E-state index is -0.227. The summed E-state index contributed by atoms with van der Waals surface area (Å²) >= 11 is 0. The van der Waals surface area contributed by atoms with Crippen molar-refractivity contribution in [3.63, 3.8) is 0 Å². The van der Waals surface area contributed by atoms with Gasteiger partial charge in [0, 0.05) is 18.3 Å². The summed E-state index contributed by atoms with van der Waals surface area (Å²) in [6.07, 6.45) is 3.72. The molecule has 2 N–H and O–H groups in total. The number of likely N-dealkylation sites (N-methyl/N-ethyl adjacent to an activating group) is 1. The van der Waals surface area contributed by atoms with Crippen LogP contribution in [0.25, 0.3) is 16.3 Å². The van der Waals surface area contributed by atoms with Crippen LogP contribution in [0, 0.1) is 0 Å². The molecule has 5 heteroatoms. The van der Waals surface area contributed by atoms with E-state index < -0.39 is 0 Å². The number of benzene rings is 1. The maximum absolute atomic E-state index is 11.9. The summed E-state index contributed by atoms with van der Waals surface area (Å²) in [6, 6.07) is 5.39. The van der Waals surface area contributed by atoms with Crippen molar-refractivity contribution in [2.75, 3.05) is 7.05 Å². The smallest absolute Gasteiger partial charge is 0.272 e.